The van der Waals surface area contributed by atoms with Crippen LogP contribution in [0.15, 0.2) is 53.2 Å². The van der Waals surface area contributed by atoms with E-state index < -0.39 is 0 Å². The van der Waals surface area contributed by atoms with Crippen molar-refractivity contribution in [1.82, 2.24) is 9.88 Å². The Kier molecular flexibility index (Phi) is 5.77. The van der Waals surface area contributed by atoms with Gasteiger partial charge in [0.15, 0.2) is 0 Å². The highest BCUT2D eigenvalue weighted by Gasteiger charge is 2.19. The van der Waals surface area contributed by atoms with Crippen molar-refractivity contribution >= 4 is 22.9 Å². The van der Waals surface area contributed by atoms with Gasteiger partial charge in [0, 0.05) is 29.7 Å². The summed E-state index contributed by atoms with van der Waals surface area (Å²) in [6, 6.07) is 14.3. The molecule has 0 N–H and O–H groups in total. The van der Waals surface area contributed by atoms with Gasteiger partial charge in [-0.05, 0) is 72.5 Å². The number of ether oxygens (including phenoxy) is 1. The molecule has 0 unspecified atom stereocenters. The maximum atomic E-state index is 6.29. The lowest BCUT2D eigenvalue weighted by Gasteiger charge is -2.29. The fraction of sp³-hybridized carbons (Fsp3) is 0.318. The molecule has 3 nitrogen and oxygen atoms in total. The molecule has 0 saturated carbocycles. The first-order chi connectivity index (χ1) is 13.2. The minimum absolute atomic E-state index is 0.239. The third-order valence-electron chi connectivity index (χ3n) is 4.94. The summed E-state index contributed by atoms with van der Waals surface area (Å²) in [5, 5.41) is 5.04. The smallest absolute Gasteiger partial charge is 0.214 e. The zero-order valence-corrected chi connectivity index (χ0v) is 17.0. The number of likely N-dealkylation sites (tertiary alicyclic amines) is 1. The zero-order chi connectivity index (χ0) is 18.6. The fourth-order valence-corrected chi connectivity index (χ4v) is 4.19. The topological polar surface area (TPSA) is 25.4 Å². The van der Waals surface area contributed by atoms with E-state index in [1.807, 2.05) is 24.3 Å². The maximum Gasteiger partial charge on any atom is 0.214 e. The normalized spacial score (nSPS) is 15.8. The van der Waals surface area contributed by atoms with Gasteiger partial charge in [0.2, 0.25) is 5.88 Å². The van der Waals surface area contributed by atoms with Crippen LogP contribution in [0.4, 0.5) is 0 Å². The van der Waals surface area contributed by atoms with Gasteiger partial charge in [-0.1, -0.05) is 23.7 Å². The van der Waals surface area contributed by atoms with E-state index in [0.29, 0.717) is 0 Å². The van der Waals surface area contributed by atoms with Crippen LogP contribution in [-0.2, 0) is 6.42 Å². The standard InChI is InChI=1S/C22H23ClN2OS/c1-25-9-6-20(7-10-25)26-22-14-17(12-16-8-11-27-15-16)13-21(24-22)18-2-4-19(23)5-3-18/h2-5,8,11,13-15,20H,6-7,9-10,12H2,1H3. The zero-order valence-electron chi connectivity index (χ0n) is 15.4. The molecule has 0 bridgehead atoms. The summed E-state index contributed by atoms with van der Waals surface area (Å²) in [4.78, 5) is 7.15. The van der Waals surface area contributed by atoms with Crippen LogP contribution in [0.25, 0.3) is 11.3 Å². The predicted octanol–water partition coefficient (Wildman–Crippen LogP) is 5.53. The van der Waals surface area contributed by atoms with E-state index in [4.69, 9.17) is 21.3 Å². The van der Waals surface area contributed by atoms with Gasteiger partial charge in [-0.15, -0.1) is 0 Å². The van der Waals surface area contributed by atoms with Crippen LogP contribution in [0.2, 0.25) is 5.02 Å². The minimum atomic E-state index is 0.239. The average Bonchev–Trinajstić information content (AvgIpc) is 3.17. The number of aromatic nitrogens is 1. The first kappa shape index (κ1) is 18.5. The van der Waals surface area contributed by atoms with E-state index in [0.717, 1.165) is 54.5 Å². The van der Waals surface area contributed by atoms with E-state index >= 15 is 0 Å². The Morgan fingerprint density at radius 3 is 2.59 bits per heavy atom. The average molecular weight is 399 g/mol. The highest BCUT2D eigenvalue weighted by Crippen LogP contribution is 2.27. The number of hydrogen-bond acceptors (Lipinski definition) is 4. The summed E-state index contributed by atoms with van der Waals surface area (Å²) in [7, 11) is 2.16. The summed E-state index contributed by atoms with van der Waals surface area (Å²) in [5.74, 6) is 0.724. The molecule has 140 valence electrons. The number of nitrogens with zero attached hydrogens (tertiary/aromatic N) is 2. The van der Waals surface area contributed by atoms with Crippen molar-refractivity contribution in [3.63, 3.8) is 0 Å². The van der Waals surface area contributed by atoms with Crippen LogP contribution in [0.5, 0.6) is 5.88 Å². The minimum Gasteiger partial charge on any atom is -0.474 e. The monoisotopic (exact) mass is 398 g/mol. The molecule has 0 atom stereocenters. The molecule has 3 aromatic rings. The molecule has 0 aliphatic carbocycles. The van der Waals surface area contributed by atoms with E-state index in [2.05, 4.69) is 40.9 Å². The van der Waals surface area contributed by atoms with Gasteiger partial charge >= 0.3 is 0 Å². The molecular weight excluding hydrogens is 376 g/mol. The molecule has 1 fully saturated rings. The van der Waals surface area contributed by atoms with Crippen LogP contribution in [0, 0.1) is 0 Å². The van der Waals surface area contributed by atoms with Crippen LogP contribution in [-0.4, -0.2) is 36.1 Å². The Morgan fingerprint density at radius 1 is 1.11 bits per heavy atom. The van der Waals surface area contributed by atoms with Crippen molar-refractivity contribution in [2.75, 3.05) is 20.1 Å². The number of rotatable bonds is 5. The lowest BCUT2D eigenvalue weighted by Crippen LogP contribution is -2.35. The van der Waals surface area contributed by atoms with Crippen molar-refractivity contribution in [1.29, 1.82) is 0 Å². The molecule has 3 heterocycles. The summed E-state index contributed by atoms with van der Waals surface area (Å²) < 4.78 is 6.29. The van der Waals surface area contributed by atoms with Crippen LogP contribution in [0.3, 0.4) is 0 Å². The predicted molar refractivity (Wildman–Crippen MR) is 113 cm³/mol. The molecule has 4 rings (SSSR count). The van der Waals surface area contributed by atoms with Crippen molar-refractivity contribution in [2.24, 2.45) is 0 Å². The van der Waals surface area contributed by atoms with Gasteiger partial charge in [-0.25, -0.2) is 4.98 Å². The largest absolute Gasteiger partial charge is 0.474 e. The third-order valence-corrected chi connectivity index (χ3v) is 5.93. The SMILES string of the molecule is CN1CCC(Oc2cc(Cc3ccsc3)cc(-c3ccc(Cl)cc3)n2)CC1. The van der Waals surface area contributed by atoms with E-state index in [-0.39, 0.29) is 6.10 Å². The molecule has 1 aromatic carbocycles. The molecule has 1 saturated heterocycles. The second kappa shape index (κ2) is 8.42. The summed E-state index contributed by atoms with van der Waals surface area (Å²) in [6.45, 7) is 2.15. The molecule has 1 aliphatic rings. The molecule has 0 amide bonds. The summed E-state index contributed by atoms with van der Waals surface area (Å²) in [6.07, 6.45) is 3.21. The highest BCUT2D eigenvalue weighted by atomic mass is 35.5. The van der Waals surface area contributed by atoms with Crippen molar-refractivity contribution < 1.29 is 4.74 Å². The van der Waals surface area contributed by atoms with Crippen molar-refractivity contribution in [3.8, 4) is 17.1 Å². The number of thiophene rings is 1. The highest BCUT2D eigenvalue weighted by molar-refractivity contribution is 7.07. The Bertz CT molecular complexity index is 872. The number of halogens is 1. The van der Waals surface area contributed by atoms with E-state index in [9.17, 15) is 0 Å². The number of pyridine rings is 1. The first-order valence-corrected chi connectivity index (χ1v) is 10.6. The van der Waals surface area contributed by atoms with Gasteiger partial charge in [-0.2, -0.15) is 11.3 Å². The quantitative estimate of drug-likeness (QED) is 0.565. The van der Waals surface area contributed by atoms with Gasteiger partial charge in [0.1, 0.15) is 6.10 Å². The molecule has 0 spiro atoms. The number of benzene rings is 1. The number of hydrogen-bond donors (Lipinski definition) is 0. The lowest BCUT2D eigenvalue weighted by atomic mass is 10.0. The van der Waals surface area contributed by atoms with Gasteiger partial charge in [0.25, 0.3) is 0 Å². The summed E-state index contributed by atoms with van der Waals surface area (Å²) in [5.41, 5.74) is 4.52. The molecule has 0 radical (unpaired) electrons. The Morgan fingerprint density at radius 2 is 1.89 bits per heavy atom. The van der Waals surface area contributed by atoms with Gasteiger partial charge in [-0.3, -0.25) is 0 Å². The second-order valence-electron chi connectivity index (χ2n) is 7.13. The van der Waals surface area contributed by atoms with E-state index in [1.165, 1.54) is 11.1 Å². The third kappa shape index (κ3) is 4.89. The van der Waals surface area contributed by atoms with Gasteiger partial charge < -0.3 is 9.64 Å². The van der Waals surface area contributed by atoms with Crippen LogP contribution < -0.4 is 4.74 Å². The van der Waals surface area contributed by atoms with Crippen LogP contribution in [0.1, 0.15) is 24.0 Å². The Hall–Kier alpha value is -1.88. The maximum absolute atomic E-state index is 6.29. The van der Waals surface area contributed by atoms with Gasteiger partial charge in [0.05, 0.1) is 5.69 Å². The van der Waals surface area contributed by atoms with Crippen LogP contribution >= 0.6 is 22.9 Å². The Balaban J connectivity index is 1.62. The second-order valence-corrected chi connectivity index (χ2v) is 8.35. The number of piperidine rings is 1. The molecule has 5 heteroatoms. The van der Waals surface area contributed by atoms with Crippen molar-refractivity contribution in [2.45, 2.75) is 25.4 Å². The summed E-state index contributed by atoms with van der Waals surface area (Å²) >= 11 is 7.78. The van der Waals surface area contributed by atoms with E-state index in [1.54, 1.807) is 11.3 Å². The molecule has 1 aliphatic heterocycles. The fourth-order valence-electron chi connectivity index (χ4n) is 3.39. The lowest BCUT2D eigenvalue weighted by molar-refractivity contribution is 0.110. The Labute approximate surface area is 169 Å². The molecule has 2 aromatic heterocycles. The first-order valence-electron chi connectivity index (χ1n) is 9.29. The molecule has 27 heavy (non-hydrogen) atoms. The van der Waals surface area contributed by atoms with Crippen molar-refractivity contribution in [3.05, 3.63) is 69.4 Å². The molecular formula is C22H23ClN2OS.